The van der Waals surface area contributed by atoms with E-state index in [1.54, 1.807) is 0 Å². The highest BCUT2D eigenvalue weighted by Gasteiger charge is 2.54. The number of aromatic nitrogens is 2. The van der Waals surface area contributed by atoms with E-state index in [0.29, 0.717) is 0 Å². The van der Waals surface area contributed by atoms with Crippen LogP contribution in [0.2, 0.25) is 0 Å². The van der Waals surface area contributed by atoms with Crippen molar-refractivity contribution >= 4 is 5.82 Å². The number of rotatable bonds is 3. The third-order valence-corrected chi connectivity index (χ3v) is 3.33. The molecule has 10 heteroatoms. The van der Waals surface area contributed by atoms with Crippen LogP contribution in [0.15, 0.2) is 17.1 Å². The van der Waals surface area contributed by atoms with Gasteiger partial charge < -0.3 is 20.7 Å². The Hall–Kier alpha value is -1.65. The molecule has 1 aromatic rings. The minimum Gasteiger partial charge on any atom is -0.393 e. The van der Waals surface area contributed by atoms with Crippen LogP contribution in [-0.2, 0) is 4.74 Å². The van der Waals surface area contributed by atoms with E-state index in [0.717, 1.165) is 4.57 Å². The van der Waals surface area contributed by atoms with Crippen molar-refractivity contribution < 1.29 is 28.1 Å². The van der Waals surface area contributed by atoms with Crippen molar-refractivity contribution in [2.45, 2.75) is 37.0 Å². The quantitative estimate of drug-likeness (QED) is 0.712. The third kappa shape index (κ3) is 3.17. The second-order valence-corrected chi connectivity index (χ2v) is 4.88. The maximum absolute atomic E-state index is 12.6. The number of aliphatic hydroxyl groups is 2. The fraction of sp³-hybridized carbons (Fsp3) is 0.636. The highest BCUT2D eigenvalue weighted by molar-refractivity contribution is 5.23. The number of ether oxygens (including phenoxy) is 1. The minimum absolute atomic E-state index is 0.0430. The molecule has 1 aliphatic rings. The van der Waals surface area contributed by atoms with E-state index in [1.807, 2.05) is 0 Å². The average molecular weight is 309 g/mol. The predicted octanol–water partition coefficient (Wildman–Crippen LogP) is -0.211. The van der Waals surface area contributed by atoms with Crippen LogP contribution >= 0.6 is 0 Å². The lowest BCUT2D eigenvalue weighted by Gasteiger charge is -2.30. The molecule has 7 nitrogen and oxygen atoms in total. The lowest BCUT2D eigenvalue weighted by Crippen LogP contribution is -2.46. The van der Waals surface area contributed by atoms with Crippen molar-refractivity contribution in [3.05, 3.63) is 22.7 Å². The van der Waals surface area contributed by atoms with Gasteiger partial charge in [-0.2, -0.15) is 18.2 Å². The summed E-state index contributed by atoms with van der Waals surface area (Å²) in [6.07, 6.45) is -7.95. The van der Waals surface area contributed by atoms with E-state index in [9.17, 15) is 28.2 Å². The maximum atomic E-state index is 12.6. The molecule has 1 fully saturated rings. The molecule has 2 rings (SSSR count). The van der Waals surface area contributed by atoms with Crippen LogP contribution in [0.4, 0.5) is 19.0 Å². The standard InChI is InChI=1S/C11H14F3N3O4/c12-11(13,14)4-10(5-18)6(19)3-8(21-10)17-2-1-7(15)16-9(17)20/h1-2,6,8,18-19H,3-5H2,(H2,15,16,20)/t6-,8+,10+/m0/s1. The monoisotopic (exact) mass is 309 g/mol. The number of aliphatic hydroxyl groups excluding tert-OH is 2. The lowest BCUT2D eigenvalue weighted by atomic mass is 9.93. The Kier molecular flexibility index (Phi) is 3.95. The molecule has 2 heterocycles. The van der Waals surface area contributed by atoms with Gasteiger partial charge in [0.15, 0.2) is 0 Å². The number of nitrogens with zero attached hydrogens (tertiary/aromatic N) is 2. The molecular formula is C11H14F3N3O4. The van der Waals surface area contributed by atoms with E-state index in [1.165, 1.54) is 12.3 Å². The van der Waals surface area contributed by atoms with Gasteiger partial charge in [-0.1, -0.05) is 0 Å². The van der Waals surface area contributed by atoms with Gasteiger partial charge in [-0.3, -0.25) is 4.57 Å². The number of hydrogen-bond acceptors (Lipinski definition) is 6. The molecule has 0 radical (unpaired) electrons. The number of anilines is 1. The fourth-order valence-electron chi connectivity index (χ4n) is 2.32. The van der Waals surface area contributed by atoms with Crippen LogP contribution in [0, 0.1) is 0 Å². The van der Waals surface area contributed by atoms with Gasteiger partial charge in [-0.25, -0.2) is 4.79 Å². The van der Waals surface area contributed by atoms with Crippen LogP contribution in [-0.4, -0.2) is 44.3 Å². The summed E-state index contributed by atoms with van der Waals surface area (Å²) in [5, 5.41) is 19.1. The van der Waals surface area contributed by atoms with Crippen LogP contribution in [0.3, 0.4) is 0 Å². The number of nitrogen functional groups attached to an aromatic ring is 1. The molecule has 1 aliphatic heterocycles. The van der Waals surface area contributed by atoms with Gasteiger partial charge in [0.25, 0.3) is 0 Å². The smallest absolute Gasteiger partial charge is 0.392 e. The van der Waals surface area contributed by atoms with Crippen LogP contribution in [0.25, 0.3) is 0 Å². The van der Waals surface area contributed by atoms with Gasteiger partial charge in [0.1, 0.15) is 17.6 Å². The van der Waals surface area contributed by atoms with Crippen molar-refractivity contribution in [3.8, 4) is 0 Å². The summed E-state index contributed by atoms with van der Waals surface area (Å²) < 4.78 is 43.8. The van der Waals surface area contributed by atoms with Crippen LogP contribution < -0.4 is 11.4 Å². The second kappa shape index (κ2) is 5.28. The summed E-state index contributed by atoms with van der Waals surface area (Å²) in [6, 6.07) is 1.28. The summed E-state index contributed by atoms with van der Waals surface area (Å²) >= 11 is 0. The van der Waals surface area contributed by atoms with Gasteiger partial charge in [-0.05, 0) is 6.07 Å². The Balaban J connectivity index is 2.29. The first kappa shape index (κ1) is 15.7. The molecular weight excluding hydrogens is 295 g/mol. The Bertz CT molecular complexity index is 577. The Morgan fingerprint density at radius 1 is 1.57 bits per heavy atom. The summed E-state index contributed by atoms with van der Waals surface area (Å²) in [5.41, 5.74) is 2.31. The van der Waals surface area contributed by atoms with Gasteiger partial charge >= 0.3 is 11.9 Å². The molecule has 3 atom stereocenters. The first-order valence-corrected chi connectivity index (χ1v) is 6.05. The molecule has 0 bridgehead atoms. The topological polar surface area (TPSA) is 111 Å². The molecule has 0 saturated carbocycles. The number of nitrogens with two attached hydrogens (primary N) is 1. The van der Waals surface area contributed by atoms with E-state index in [2.05, 4.69) is 4.98 Å². The summed E-state index contributed by atoms with van der Waals surface area (Å²) in [7, 11) is 0. The molecule has 4 N–H and O–H groups in total. The van der Waals surface area contributed by atoms with E-state index in [-0.39, 0.29) is 12.2 Å². The maximum Gasteiger partial charge on any atom is 0.392 e. The molecule has 0 spiro atoms. The zero-order valence-corrected chi connectivity index (χ0v) is 10.7. The molecule has 21 heavy (non-hydrogen) atoms. The SMILES string of the molecule is Nc1ccn([C@H]2C[C@H](O)[C@](CO)(CC(F)(F)F)O2)c(=O)n1. The van der Waals surface area contributed by atoms with Crippen molar-refractivity contribution in [1.29, 1.82) is 0 Å². The normalized spacial score (nSPS) is 29.8. The molecule has 1 saturated heterocycles. The fourth-order valence-corrected chi connectivity index (χ4v) is 2.32. The van der Waals surface area contributed by atoms with Gasteiger partial charge in [0.2, 0.25) is 0 Å². The van der Waals surface area contributed by atoms with Gasteiger partial charge in [-0.15, -0.1) is 0 Å². The van der Waals surface area contributed by atoms with E-state index < -0.39 is 42.8 Å². The summed E-state index contributed by atoms with van der Waals surface area (Å²) in [4.78, 5) is 15.1. The Morgan fingerprint density at radius 2 is 2.24 bits per heavy atom. The zero-order chi connectivity index (χ0) is 15.8. The summed E-state index contributed by atoms with van der Waals surface area (Å²) in [6.45, 7) is -1.03. The molecule has 0 aliphatic carbocycles. The molecule has 0 unspecified atom stereocenters. The van der Waals surface area contributed by atoms with Crippen molar-refractivity contribution in [2.24, 2.45) is 0 Å². The number of hydrogen-bond donors (Lipinski definition) is 3. The van der Waals surface area contributed by atoms with E-state index >= 15 is 0 Å². The molecule has 0 aromatic carbocycles. The van der Waals surface area contributed by atoms with Crippen LogP contribution in [0.1, 0.15) is 19.1 Å². The van der Waals surface area contributed by atoms with Gasteiger partial charge in [0, 0.05) is 12.6 Å². The van der Waals surface area contributed by atoms with Gasteiger partial charge in [0.05, 0.1) is 19.1 Å². The first-order chi connectivity index (χ1) is 9.67. The highest BCUT2D eigenvalue weighted by Crippen LogP contribution is 2.42. The average Bonchev–Trinajstić information content (AvgIpc) is 2.65. The zero-order valence-electron chi connectivity index (χ0n) is 10.7. The predicted molar refractivity (Wildman–Crippen MR) is 64.1 cm³/mol. The van der Waals surface area contributed by atoms with E-state index in [4.69, 9.17) is 10.5 Å². The minimum atomic E-state index is -4.64. The van der Waals surface area contributed by atoms with Crippen LogP contribution in [0.5, 0.6) is 0 Å². The lowest BCUT2D eigenvalue weighted by molar-refractivity contribution is -0.216. The largest absolute Gasteiger partial charge is 0.393 e. The second-order valence-electron chi connectivity index (χ2n) is 4.88. The van der Waals surface area contributed by atoms with Crippen molar-refractivity contribution in [2.75, 3.05) is 12.3 Å². The Labute approximate surface area is 116 Å². The summed E-state index contributed by atoms with van der Waals surface area (Å²) in [5.74, 6) is -0.0430. The third-order valence-electron chi connectivity index (χ3n) is 3.33. The number of alkyl halides is 3. The molecule has 0 amide bonds. The first-order valence-electron chi connectivity index (χ1n) is 6.05. The molecule has 1 aromatic heterocycles. The Morgan fingerprint density at radius 3 is 2.76 bits per heavy atom. The molecule has 118 valence electrons. The highest BCUT2D eigenvalue weighted by atomic mass is 19.4. The number of halogens is 3. The van der Waals surface area contributed by atoms with Crippen molar-refractivity contribution in [3.63, 3.8) is 0 Å². The van der Waals surface area contributed by atoms with Crippen molar-refractivity contribution in [1.82, 2.24) is 9.55 Å².